The van der Waals surface area contributed by atoms with E-state index in [4.69, 9.17) is 4.74 Å². The maximum absolute atomic E-state index is 5.17. The summed E-state index contributed by atoms with van der Waals surface area (Å²) in [6.45, 7) is 1.99. The number of benzene rings is 2. The van der Waals surface area contributed by atoms with Crippen molar-refractivity contribution in [3.8, 4) is 17.0 Å². The second-order valence-corrected chi connectivity index (χ2v) is 5.86. The van der Waals surface area contributed by atoms with Gasteiger partial charge in [0.2, 0.25) is 0 Å². The number of aryl methyl sites for hydroxylation is 1. The van der Waals surface area contributed by atoms with Crippen LogP contribution in [-0.4, -0.2) is 17.1 Å². The highest BCUT2D eigenvalue weighted by Gasteiger charge is 2.06. The van der Waals surface area contributed by atoms with E-state index >= 15 is 0 Å². The number of nitrogens with zero attached hydrogens (tertiary/aromatic N) is 2. The zero-order valence-corrected chi connectivity index (χ0v) is 13.3. The molecule has 0 unspecified atom stereocenters. The predicted octanol–water partition coefficient (Wildman–Crippen LogP) is 4.61. The minimum Gasteiger partial charge on any atom is -0.497 e. The maximum atomic E-state index is 5.17. The van der Waals surface area contributed by atoms with Crippen LogP contribution in [0.1, 0.15) is 5.69 Å². The molecule has 0 saturated heterocycles. The van der Waals surface area contributed by atoms with Crippen LogP contribution < -0.4 is 4.74 Å². The van der Waals surface area contributed by atoms with Crippen LogP contribution in [0.2, 0.25) is 0 Å². The number of hydrogen-bond donors (Lipinski definition) is 0. The first-order valence-electron chi connectivity index (χ1n) is 6.97. The molecular formula is C18H16N2OS. The molecule has 22 heavy (non-hydrogen) atoms. The lowest BCUT2D eigenvalue weighted by molar-refractivity contribution is 0.414. The van der Waals surface area contributed by atoms with Crippen molar-refractivity contribution in [3.05, 3.63) is 66.4 Å². The third kappa shape index (κ3) is 3.46. The fraction of sp³-hybridized carbons (Fsp3) is 0.111. The third-order valence-electron chi connectivity index (χ3n) is 3.17. The molecule has 0 bridgehead atoms. The lowest BCUT2D eigenvalue weighted by Gasteiger charge is -2.06. The molecule has 0 spiro atoms. The highest BCUT2D eigenvalue weighted by molar-refractivity contribution is 7.99. The number of ether oxygens (including phenoxy) is 1. The van der Waals surface area contributed by atoms with Gasteiger partial charge in [0.15, 0.2) is 5.16 Å². The molecule has 0 saturated carbocycles. The van der Waals surface area contributed by atoms with Crippen LogP contribution >= 0.6 is 11.8 Å². The van der Waals surface area contributed by atoms with E-state index in [9.17, 15) is 0 Å². The molecule has 0 fully saturated rings. The van der Waals surface area contributed by atoms with Gasteiger partial charge in [-0.1, -0.05) is 30.3 Å². The monoisotopic (exact) mass is 308 g/mol. The first-order chi connectivity index (χ1) is 10.7. The summed E-state index contributed by atoms with van der Waals surface area (Å²) in [6.07, 6.45) is 0. The summed E-state index contributed by atoms with van der Waals surface area (Å²) < 4.78 is 5.17. The Morgan fingerprint density at radius 3 is 2.32 bits per heavy atom. The smallest absolute Gasteiger partial charge is 0.193 e. The van der Waals surface area contributed by atoms with E-state index in [2.05, 4.69) is 22.1 Å². The fourth-order valence-corrected chi connectivity index (χ4v) is 2.91. The molecule has 2 aromatic carbocycles. The Morgan fingerprint density at radius 1 is 0.909 bits per heavy atom. The van der Waals surface area contributed by atoms with E-state index in [-0.39, 0.29) is 0 Å². The van der Waals surface area contributed by atoms with Gasteiger partial charge in [0, 0.05) is 16.2 Å². The number of methoxy groups -OCH3 is 1. The molecule has 0 aliphatic rings. The first kappa shape index (κ1) is 14.6. The third-order valence-corrected chi connectivity index (χ3v) is 4.04. The Kier molecular flexibility index (Phi) is 4.39. The van der Waals surface area contributed by atoms with Crippen LogP contribution in [-0.2, 0) is 0 Å². The molecule has 3 aromatic rings. The van der Waals surface area contributed by atoms with Gasteiger partial charge in [0.1, 0.15) is 5.75 Å². The average molecular weight is 308 g/mol. The highest BCUT2D eigenvalue weighted by atomic mass is 32.2. The molecule has 4 heteroatoms. The molecule has 0 amide bonds. The lowest BCUT2D eigenvalue weighted by atomic mass is 10.1. The van der Waals surface area contributed by atoms with Crippen molar-refractivity contribution in [1.82, 2.24) is 9.97 Å². The predicted molar refractivity (Wildman–Crippen MR) is 89.3 cm³/mol. The molecule has 110 valence electrons. The summed E-state index contributed by atoms with van der Waals surface area (Å²) in [4.78, 5) is 10.3. The van der Waals surface area contributed by atoms with E-state index < -0.39 is 0 Å². The van der Waals surface area contributed by atoms with Gasteiger partial charge in [0.05, 0.1) is 12.8 Å². The second-order valence-electron chi connectivity index (χ2n) is 4.82. The second kappa shape index (κ2) is 6.62. The van der Waals surface area contributed by atoms with Gasteiger partial charge in [-0.15, -0.1) is 0 Å². The van der Waals surface area contributed by atoms with E-state index in [0.29, 0.717) is 0 Å². The van der Waals surface area contributed by atoms with Crippen molar-refractivity contribution < 1.29 is 4.74 Å². The van der Waals surface area contributed by atoms with Crippen LogP contribution in [0.3, 0.4) is 0 Å². The van der Waals surface area contributed by atoms with E-state index in [1.165, 1.54) is 0 Å². The Hall–Kier alpha value is -2.33. The lowest BCUT2D eigenvalue weighted by Crippen LogP contribution is -1.93. The molecule has 3 nitrogen and oxygen atoms in total. The minimum absolute atomic E-state index is 0.754. The number of rotatable bonds is 4. The molecular weight excluding hydrogens is 292 g/mol. The first-order valence-corrected chi connectivity index (χ1v) is 7.79. The van der Waals surface area contributed by atoms with E-state index in [1.807, 2.05) is 55.5 Å². The van der Waals surface area contributed by atoms with Gasteiger partial charge in [-0.25, -0.2) is 9.97 Å². The van der Waals surface area contributed by atoms with E-state index in [1.54, 1.807) is 18.9 Å². The largest absolute Gasteiger partial charge is 0.497 e. The number of hydrogen-bond acceptors (Lipinski definition) is 4. The molecule has 0 atom stereocenters. The number of aromatic nitrogens is 2. The van der Waals surface area contributed by atoms with Crippen molar-refractivity contribution in [2.24, 2.45) is 0 Å². The summed E-state index contributed by atoms with van der Waals surface area (Å²) in [5.74, 6) is 0.847. The Morgan fingerprint density at radius 2 is 1.64 bits per heavy atom. The van der Waals surface area contributed by atoms with Gasteiger partial charge in [-0.05, 0) is 49.0 Å². The normalized spacial score (nSPS) is 10.5. The van der Waals surface area contributed by atoms with Crippen LogP contribution in [0.4, 0.5) is 0 Å². The molecule has 0 aliphatic carbocycles. The van der Waals surface area contributed by atoms with Crippen LogP contribution in [0.15, 0.2) is 70.7 Å². The van der Waals surface area contributed by atoms with Gasteiger partial charge in [-0.3, -0.25) is 0 Å². The van der Waals surface area contributed by atoms with Crippen molar-refractivity contribution in [1.29, 1.82) is 0 Å². The molecule has 3 rings (SSSR count). The molecule has 0 N–H and O–H groups in total. The van der Waals surface area contributed by atoms with Crippen molar-refractivity contribution in [2.45, 2.75) is 17.0 Å². The van der Waals surface area contributed by atoms with Crippen LogP contribution in [0, 0.1) is 6.92 Å². The highest BCUT2D eigenvalue weighted by Crippen LogP contribution is 2.28. The van der Waals surface area contributed by atoms with Crippen LogP contribution in [0.25, 0.3) is 11.3 Å². The molecule has 1 aromatic heterocycles. The summed E-state index contributed by atoms with van der Waals surface area (Å²) in [5.41, 5.74) is 3.01. The topological polar surface area (TPSA) is 35.0 Å². The van der Waals surface area contributed by atoms with E-state index in [0.717, 1.165) is 32.8 Å². The Bertz CT molecular complexity index is 758. The summed E-state index contributed by atoms with van der Waals surface area (Å²) >= 11 is 1.55. The summed E-state index contributed by atoms with van der Waals surface area (Å²) in [5, 5.41) is 0.754. The van der Waals surface area contributed by atoms with Gasteiger partial charge in [-0.2, -0.15) is 0 Å². The quantitative estimate of drug-likeness (QED) is 0.659. The van der Waals surface area contributed by atoms with Gasteiger partial charge < -0.3 is 4.74 Å². The molecule has 0 aliphatic heterocycles. The zero-order valence-electron chi connectivity index (χ0n) is 12.5. The standard InChI is InChI=1S/C18H16N2OS/c1-13-12-17(14-6-4-3-5-7-14)20-18(19-13)22-16-10-8-15(21-2)9-11-16/h3-12H,1-2H3. The van der Waals surface area contributed by atoms with Crippen molar-refractivity contribution >= 4 is 11.8 Å². The fourth-order valence-electron chi connectivity index (χ4n) is 2.09. The summed E-state index contributed by atoms with van der Waals surface area (Å²) in [7, 11) is 1.66. The average Bonchev–Trinajstić information content (AvgIpc) is 2.56. The maximum Gasteiger partial charge on any atom is 0.193 e. The summed E-state index contributed by atoms with van der Waals surface area (Å²) in [6, 6.07) is 20.1. The van der Waals surface area contributed by atoms with Gasteiger partial charge >= 0.3 is 0 Å². The molecule has 1 heterocycles. The minimum atomic E-state index is 0.754. The zero-order chi connectivity index (χ0) is 15.4. The van der Waals surface area contributed by atoms with Crippen LogP contribution in [0.5, 0.6) is 5.75 Å². The van der Waals surface area contributed by atoms with Gasteiger partial charge in [0.25, 0.3) is 0 Å². The van der Waals surface area contributed by atoms with Crippen molar-refractivity contribution in [3.63, 3.8) is 0 Å². The van der Waals surface area contributed by atoms with Crippen molar-refractivity contribution in [2.75, 3.05) is 7.11 Å². The molecule has 0 radical (unpaired) electrons. The Labute approximate surface area is 134 Å². The Balaban J connectivity index is 1.89. The SMILES string of the molecule is COc1ccc(Sc2nc(C)cc(-c3ccccc3)n2)cc1.